The lowest BCUT2D eigenvalue weighted by Crippen LogP contribution is -2.39. The minimum Gasteiger partial charge on any atom is -0.444 e. The van der Waals surface area contributed by atoms with E-state index in [0.29, 0.717) is 19.6 Å². The molecule has 0 radical (unpaired) electrons. The van der Waals surface area contributed by atoms with Crippen molar-refractivity contribution in [3.8, 4) is 0 Å². The Balaban J connectivity index is 1.95. The number of amides is 1. The van der Waals surface area contributed by atoms with Crippen LogP contribution in [0.2, 0.25) is 0 Å². The molecule has 2 N–H and O–H groups in total. The zero-order chi connectivity index (χ0) is 18.4. The SMILES string of the molecule is CNCC(O)c1ccc(N2CCCN(C(=O)OC(C)(C)C)CC2)cc1. The van der Waals surface area contributed by atoms with Gasteiger partial charge < -0.3 is 25.0 Å². The van der Waals surface area contributed by atoms with Crippen molar-refractivity contribution in [3.63, 3.8) is 0 Å². The summed E-state index contributed by atoms with van der Waals surface area (Å²) in [6.45, 7) is 9.24. The zero-order valence-electron chi connectivity index (χ0n) is 15.8. The Morgan fingerprint density at radius 2 is 1.88 bits per heavy atom. The fraction of sp³-hybridized carbons (Fsp3) is 0.632. The number of anilines is 1. The van der Waals surface area contributed by atoms with Crippen molar-refractivity contribution in [2.45, 2.75) is 38.9 Å². The van der Waals surface area contributed by atoms with Crippen LogP contribution in [0.3, 0.4) is 0 Å². The summed E-state index contributed by atoms with van der Waals surface area (Å²) < 4.78 is 5.47. The number of hydrogen-bond donors (Lipinski definition) is 2. The number of nitrogens with zero attached hydrogens (tertiary/aromatic N) is 2. The highest BCUT2D eigenvalue weighted by molar-refractivity contribution is 5.68. The van der Waals surface area contributed by atoms with Crippen molar-refractivity contribution >= 4 is 11.8 Å². The second-order valence-corrected chi connectivity index (χ2v) is 7.47. The number of aliphatic hydroxyl groups excluding tert-OH is 1. The normalized spacial score (nSPS) is 17.2. The summed E-state index contributed by atoms with van der Waals surface area (Å²) >= 11 is 0. The molecular weight excluding hydrogens is 318 g/mol. The fourth-order valence-corrected chi connectivity index (χ4v) is 2.90. The van der Waals surface area contributed by atoms with Crippen molar-refractivity contribution in [2.75, 3.05) is 44.7 Å². The maximum absolute atomic E-state index is 12.2. The number of carbonyl (C=O) groups excluding carboxylic acids is 1. The highest BCUT2D eigenvalue weighted by atomic mass is 16.6. The topological polar surface area (TPSA) is 65.0 Å². The Morgan fingerprint density at radius 1 is 1.20 bits per heavy atom. The molecule has 0 bridgehead atoms. The molecule has 6 nitrogen and oxygen atoms in total. The third-order valence-corrected chi connectivity index (χ3v) is 4.19. The molecule has 25 heavy (non-hydrogen) atoms. The van der Waals surface area contributed by atoms with Gasteiger partial charge in [-0.3, -0.25) is 0 Å². The summed E-state index contributed by atoms with van der Waals surface area (Å²) in [7, 11) is 1.82. The maximum atomic E-state index is 12.2. The van der Waals surface area contributed by atoms with Gasteiger partial charge in [-0.2, -0.15) is 0 Å². The lowest BCUT2D eigenvalue weighted by Gasteiger charge is -2.27. The van der Waals surface area contributed by atoms with Gasteiger partial charge in [-0.25, -0.2) is 4.79 Å². The van der Waals surface area contributed by atoms with E-state index in [4.69, 9.17) is 4.74 Å². The van der Waals surface area contributed by atoms with Gasteiger partial charge in [0.1, 0.15) is 5.60 Å². The van der Waals surface area contributed by atoms with Gasteiger partial charge in [0.2, 0.25) is 0 Å². The molecule has 0 aliphatic carbocycles. The molecule has 1 fully saturated rings. The number of nitrogens with one attached hydrogen (secondary N) is 1. The number of carbonyl (C=O) groups is 1. The number of ether oxygens (including phenoxy) is 1. The van der Waals surface area contributed by atoms with Crippen LogP contribution in [0.25, 0.3) is 0 Å². The Labute approximate surface area is 150 Å². The molecule has 1 aromatic carbocycles. The smallest absolute Gasteiger partial charge is 0.410 e. The van der Waals surface area contributed by atoms with Crippen molar-refractivity contribution < 1.29 is 14.6 Å². The zero-order valence-corrected chi connectivity index (χ0v) is 15.8. The maximum Gasteiger partial charge on any atom is 0.410 e. The summed E-state index contributed by atoms with van der Waals surface area (Å²) in [6.07, 6.45) is 0.175. The number of aliphatic hydroxyl groups is 1. The molecule has 1 aliphatic rings. The molecule has 1 heterocycles. The predicted octanol–water partition coefficient (Wildman–Crippen LogP) is 2.39. The van der Waals surface area contributed by atoms with Crippen molar-refractivity contribution in [2.24, 2.45) is 0 Å². The molecule has 1 aliphatic heterocycles. The summed E-state index contributed by atoms with van der Waals surface area (Å²) in [5.74, 6) is 0. The van der Waals surface area contributed by atoms with Gasteiger partial charge in [-0.05, 0) is 51.9 Å². The van der Waals surface area contributed by atoms with Gasteiger partial charge in [-0.1, -0.05) is 12.1 Å². The van der Waals surface area contributed by atoms with Gasteiger partial charge in [0, 0.05) is 38.4 Å². The van der Waals surface area contributed by atoms with Crippen LogP contribution in [0.4, 0.5) is 10.5 Å². The first-order chi connectivity index (χ1) is 11.8. The number of rotatable bonds is 4. The monoisotopic (exact) mass is 349 g/mol. The van der Waals surface area contributed by atoms with Crippen LogP contribution in [0, 0.1) is 0 Å². The summed E-state index contributed by atoms with van der Waals surface area (Å²) in [6, 6.07) is 8.01. The molecule has 1 atom stereocenters. The van der Waals surface area contributed by atoms with Crippen LogP contribution in [-0.2, 0) is 4.74 Å². The quantitative estimate of drug-likeness (QED) is 0.874. The average molecular weight is 349 g/mol. The van der Waals surface area contributed by atoms with Crippen LogP contribution in [-0.4, -0.2) is 61.5 Å². The third-order valence-electron chi connectivity index (χ3n) is 4.19. The van der Waals surface area contributed by atoms with Crippen LogP contribution in [0.15, 0.2) is 24.3 Å². The molecule has 2 rings (SSSR count). The predicted molar refractivity (Wildman–Crippen MR) is 100.0 cm³/mol. The highest BCUT2D eigenvalue weighted by Gasteiger charge is 2.24. The molecule has 0 spiro atoms. The van der Waals surface area contributed by atoms with E-state index in [2.05, 4.69) is 10.2 Å². The van der Waals surface area contributed by atoms with Crippen molar-refractivity contribution in [1.82, 2.24) is 10.2 Å². The van der Waals surface area contributed by atoms with E-state index in [1.54, 1.807) is 4.90 Å². The van der Waals surface area contributed by atoms with E-state index in [1.165, 1.54) is 0 Å². The van der Waals surface area contributed by atoms with E-state index in [0.717, 1.165) is 30.8 Å². The van der Waals surface area contributed by atoms with Crippen LogP contribution in [0.1, 0.15) is 38.9 Å². The van der Waals surface area contributed by atoms with E-state index in [1.807, 2.05) is 52.1 Å². The van der Waals surface area contributed by atoms with Gasteiger partial charge in [0.15, 0.2) is 0 Å². The first kappa shape index (κ1) is 19.5. The number of benzene rings is 1. The second-order valence-electron chi connectivity index (χ2n) is 7.47. The molecule has 6 heteroatoms. The molecule has 140 valence electrons. The Kier molecular flexibility index (Phi) is 6.67. The highest BCUT2D eigenvalue weighted by Crippen LogP contribution is 2.21. The Hall–Kier alpha value is -1.79. The second kappa shape index (κ2) is 8.54. The lowest BCUT2D eigenvalue weighted by molar-refractivity contribution is 0.0263. The Bertz CT molecular complexity index is 554. The largest absolute Gasteiger partial charge is 0.444 e. The van der Waals surface area contributed by atoms with E-state index in [-0.39, 0.29) is 6.09 Å². The Morgan fingerprint density at radius 3 is 2.48 bits per heavy atom. The summed E-state index contributed by atoms with van der Waals surface area (Å²) in [4.78, 5) is 16.3. The third kappa shape index (κ3) is 5.90. The van der Waals surface area contributed by atoms with E-state index < -0.39 is 11.7 Å². The summed E-state index contributed by atoms with van der Waals surface area (Å²) in [5, 5.41) is 13.0. The minimum atomic E-state index is -0.495. The van der Waals surface area contributed by atoms with Gasteiger partial charge in [0.25, 0.3) is 0 Å². The summed E-state index contributed by atoms with van der Waals surface area (Å²) in [5.41, 5.74) is 1.56. The van der Waals surface area contributed by atoms with Crippen LogP contribution >= 0.6 is 0 Å². The lowest BCUT2D eigenvalue weighted by atomic mass is 10.1. The van der Waals surface area contributed by atoms with Gasteiger partial charge in [-0.15, -0.1) is 0 Å². The van der Waals surface area contributed by atoms with Crippen molar-refractivity contribution in [3.05, 3.63) is 29.8 Å². The van der Waals surface area contributed by atoms with Crippen molar-refractivity contribution in [1.29, 1.82) is 0 Å². The molecule has 1 saturated heterocycles. The number of likely N-dealkylation sites (N-methyl/N-ethyl adjacent to an activating group) is 1. The van der Waals surface area contributed by atoms with Gasteiger partial charge in [0.05, 0.1) is 6.10 Å². The molecular formula is C19H31N3O3. The molecule has 1 aromatic rings. The molecule has 1 amide bonds. The standard InChI is InChI=1S/C19H31N3O3/c1-19(2,3)25-18(24)22-11-5-10-21(12-13-22)16-8-6-15(7-9-16)17(23)14-20-4/h6-9,17,20,23H,5,10-14H2,1-4H3. The minimum absolute atomic E-state index is 0.236. The van der Waals surface area contributed by atoms with Crippen LogP contribution < -0.4 is 10.2 Å². The first-order valence-electron chi connectivity index (χ1n) is 8.95. The van der Waals surface area contributed by atoms with E-state index >= 15 is 0 Å². The van der Waals surface area contributed by atoms with Gasteiger partial charge >= 0.3 is 6.09 Å². The first-order valence-corrected chi connectivity index (χ1v) is 8.95. The van der Waals surface area contributed by atoms with E-state index in [9.17, 15) is 9.90 Å². The average Bonchev–Trinajstić information content (AvgIpc) is 2.80. The molecule has 0 aromatic heterocycles. The van der Waals surface area contributed by atoms with Crippen LogP contribution in [0.5, 0.6) is 0 Å². The number of hydrogen-bond acceptors (Lipinski definition) is 5. The molecule has 1 unspecified atom stereocenters. The fourth-order valence-electron chi connectivity index (χ4n) is 2.90. The molecule has 0 saturated carbocycles.